The van der Waals surface area contributed by atoms with Gasteiger partial charge in [-0.15, -0.1) is 12.4 Å². The van der Waals surface area contributed by atoms with Crippen LogP contribution in [0.5, 0.6) is 0 Å². The quantitative estimate of drug-likeness (QED) is 0.756. The molecule has 0 fully saturated rings. The van der Waals surface area contributed by atoms with Gasteiger partial charge in [0.1, 0.15) is 0 Å². The lowest BCUT2D eigenvalue weighted by Gasteiger charge is -2.21. The summed E-state index contributed by atoms with van der Waals surface area (Å²) in [6.07, 6.45) is 1.33. The van der Waals surface area contributed by atoms with E-state index in [-0.39, 0.29) is 35.7 Å². The predicted octanol–water partition coefficient (Wildman–Crippen LogP) is 3.11. The highest BCUT2D eigenvalue weighted by Crippen LogP contribution is 2.25. The maximum Gasteiger partial charge on any atom is 0.222 e. The summed E-state index contributed by atoms with van der Waals surface area (Å²) in [5, 5.41) is 3.50. The largest absolute Gasteiger partial charge is 0.345 e. The van der Waals surface area contributed by atoms with Crippen molar-refractivity contribution in [1.29, 1.82) is 0 Å². The van der Waals surface area contributed by atoms with Crippen LogP contribution in [0.2, 0.25) is 5.02 Å². The molecule has 0 aromatic heterocycles. The van der Waals surface area contributed by atoms with Crippen LogP contribution in [0, 0.1) is 0 Å². The molecule has 8 heteroatoms. The molecule has 26 heavy (non-hydrogen) atoms. The molecule has 1 amide bonds. The normalized spacial score (nSPS) is 13.4. The Kier molecular flexibility index (Phi) is 8.09. The molecule has 0 aliphatic rings. The van der Waals surface area contributed by atoms with E-state index in [1.165, 1.54) is 6.07 Å². The summed E-state index contributed by atoms with van der Waals surface area (Å²) in [7, 11) is -3.35. The Morgan fingerprint density at radius 1 is 1.15 bits per heavy atom. The number of hydrogen-bond donors (Lipinski definition) is 2. The smallest absolute Gasteiger partial charge is 0.222 e. The van der Waals surface area contributed by atoms with Crippen molar-refractivity contribution in [2.24, 2.45) is 5.73 Å². The number of nitrogens with two attached hydrogens (primary N) is 1. The van der Waals surface area contributed by atoms with Gasteiger partial charge < -0.3 is 11.1 Å². The van der Waals surface area contributed by atoms with Crippen LogP contribution >= 0.6 is 24.0 Å². The van der Waals surface area contributed by atoms with Gasteiger partial charge in [-0.25, -0.2) is 8.42 Å². The predicted molar refractivity (Wildman–Crippen MR) is 107 cm³/mol. The first-order chi connectivity index (χ1) is 11.7. The minimum absolute atomic E-state index is 0. The summed E-state index contributed by atoms with van der Waals surface area (Å²) >= 11 is 5.94. The number of rotatable bonds is 6. The summed E-state index contributed by atoms with van der Waals surface area (Å²) in [5.41, 5.74) is 7.16. The molecule has 0 heterocycles. The Morgan fingerprint density at radius 2 is 1.77 bits per heavy atom. The molecule has 2 rings (SSSR count). The number of nitrogens with one attached hydrogen (secondary N) is 1. The van der Waals surface area contributed by atoms with E-state index in [2.05, 4.69) is 5.32 Å². The molecule has 0 aliphatic heterocycles. The third-order valence-corrected chi connectivity index (χ3v) is 5.00. The van der Waals surface area contributed by atoms with Gasteiger partial charge in [0.25, 0.3) is 0 Å². The minimum atomic E-state index is -3.35. The van der Waals surface area contributed by atoms with Crippen molar-refractivity contribution in [3.05, 3.63) is 64.7 Å². The van der Waals surface area contributed by atoms with Crippen LogP contribution in [0.15, 0.2) is 53.4 Å². The van der Waals surface area contributed by atoms with E-state index in [0.29, 0.717) is 10.6 Å². The maximum atomic E-state index is 12.2. The second-order valence-electron chi connectivity index (χ2n) is 6.08. The van der Waals surface area contributed by atoms with E-state index in [1.807, 2.05) is 0 Å². The molecule has 0 saturated carbocycles. The molecule has 0 aliphatic carbocycles. The van der Waals surface area contributed by atoms with Crippen LogP contribution in [-0.2, 0) is 14.6 Å². The van der Waals surface area contributed by atoms with Gasteiger partial charge in [0.2, 0.25) is 5.91 Å². The summed E-state index contributed by atoms with van der Waals surface area (Å²) in [6.45, 7) is 1.75. The van der Waals surface area contributed by atoms with Crippen molar-refractivity contribution < 1.29 is 13.2 Å². The summed E-state index contributed by atoms with van der Waals surface area (Å²) in [6, 6.07) is 12.8. The standard InChI is InChI=1S/C18H21ClN2O3S.ClH/c1-12(20)10-17(22)21-18(13-6-8-15(19)9-7-13)14-4-3-5-16(11-14)25(2,23)24;/h3-9,11-12,18H,10,20H2,1-2H3,(H,21,22);1H. The van der Waals surface area contributed by atoms with Gasteiger partial charge in [0.15, 0.2) is 9.84 Å². The molecule has 2 aromatic rings. The fraction of sp³-hybridized carbons (Fsp3) is 0.278. The van der Waals surface area contributed by atoms with Gasteiger partial charge in [-0.3, -0.25) is 4.79 Å². The Hall–Kier alpha value is -1.60. The molecule has 5 nitrogen and oxygen atoms in total. The Balaban J connectivity index is 0.00000338. The van der Waals surface area contributed by atoms with Crippen LogP contribution in [0.25, 0.3) is 0 Å². The van der Waals surface area contributed by atoms with Gasteiger partial charge >= 0.3 is 0 Å². The van der Waals surface area contributed by atoms with Crippen molar-refractivity contribution >= 4 is 39.8 Å². The van der Waals surface area contributed by atoms with E-state index >= 15 is 0 Å². The van der Waals surface area contributed by atoms with Crippen molar-refractivity contribution in [3.8, 4) is 0 Å². The molecule has 142 valence electrons. The fourth-order valence-electron chi connectivity index (χ4n) is 2.45. The van der Waals surface area contributed by atoms with Crippen molar-refractivity contribution in [1.82, 2.24) is 5.32 Å². The number of sulfone groups is 1. The first kappa shape index (κ1) is 22.4. The van der Waals surface area contributed by atoms with Crippen LogP contribution in [0.1, 0.15) is 30.5 Å². The first-order valence-electron chi connectivity index (χ1n) is 7.77. The van der Waals surface area contributed by atoms with E-state index in [9.17, 15) is 13.2 Å². The van der Waals surface area contributed by atoms with E-state index in [1.54, 1.807) is 49.4 Å². The number of benzene rings is 2. The maximum absolute atomic E-state index is 12.2. The third kappa shape index (κ3) is 6.29. The van der Waals surface area contributed by atoms with E-state index < -0.39 is 15.9 Å². The Morgan fingerprint density at radius 3 is 2.31 bits per heavy atom. The molecule has 0 saturated heterocycles. The second kappa shape index (κ2) is 9.37. The molecule has 2 unspecified atom stereocenters. The molecule has 0 bridgehead atoms. The lowest BCUT2D eigenvalue weighted by molar-refractivity contribution is -0.121. The van der Waals surface area contributed by atoms with Crippen molar-refractivity contribution in [2.75, 3.05) is 6.26 Å². The number of halogens is 2. The van der Waals surface area contributed by atoms with Gasteiger partial charge in [0.05, 0.1) is 10.9 Å². The molecule has 0 spiro atoms. The fourth-order valence-corrected chi connectivity index (χ4v) is 3.25. The van der Waals surface area contributed by atoms with Crippen molar-refractivity contribution in [3.63, 3.8) is 0 Å². The zero-order chi connectivity index (χ0) is 18.6. The lowest BCUT2D eigenvalue weighted by atomic mass is 9.98. The molecular formula is C18H22Cl2N2O3S. The first-order valence-corrected chi connectivity index (χ1v) is 10.0. The van der Waals surface area contributed by atoms with Crippen LogP contribution in [0.3, 0.4) is 0 Å². The van der Waals surface area contributed by atoms with Gasteiger partial charge in [0, 0.05) is 23.7 Å². The highest BCUT2D eigenvalue weighted by molar-refractivity contribution is 7.90. The highest BCUT2D eigenvalue weighted by atomic mass is 35.5. The monoisotopic (exact) mass is 416 g/mol. The zero-order valence-electron chi connectivity index (χ0n) is 14.5. The molecule has 0 radical (unpaired) electrons. The minimum Gasteiger partial charge on any atom is -0.345 e. The average molecular weight is 417 g/mol. The molecule has 2 aromatic carbocycles. The second-order valence-corrected chi connectivity index (χ2v) is 8.53. The summed E-state index contributed by atoms with van der Waals surface area (Å²) in [5.74, 6) is -0.209. The molecule has 3 N–H and O–H groups in total. The van der Waals surface area contributed by atoms with Crippen LogP contribution in [0.4, 0.5) is 0 Å². The van der Waals surface area contributed by atoms with Crippen LogP contribution < -0.4 is 11.1 Å². The number of carbonyl (C=O) groups is 1. The highest BCUT2D eigenvalue weighted by Gasteiger charge is 2.19. The topological polar surface area (TPSA) is 89.3 Å². The van der Waals surface area contributed by atoms with Crippen molar-refractivity contribution in [2.45, 2.75) is 30.3 Å². The molecule has 2 atom stereocenters. The number of carbonyl (C=O) groups excluding carboxylic acids is 1. The third-order valence-electron chi connectivity index (χ3n) is 3.64. The summed E-state index contributed by atoms with van der Waals surface area (Å²) < 4.78 is 23.7. The Bertz CT molecular complexity index is 853. The Labute approximate surface area is 165 Å². The lowest BCUT2D eigenvalue weighted by Crippen LogP contribution is -2.33. The van der Waals surface area contributed by atoms with Gasteiger partial charge in [-0.1, -0.05) is 35.9 Å². The molecular weight excluding hydrogens is 395 g/mol. The van der Waals surface area contributed by atoms with Crippen LogP contribution in [-0.4, -0.2) is 26.6 Å². The zero-order valence-corrected chi connectivity index (χ0v) is 16.9. The van der Waals surface area contributed by atoms with Gasteiger partial charge in [-0.05, 0) is 42.3 Å². The van der Waals surface area contributed by atoms with E-state index in [0.717, 1.165) is 11.8 Å². The number of hydrogen-bond acceptors (Lipinski definition) is 4. The van der Waals surface area contributed by atoms with Gasteiger partial charge in [-0.2, -0.15) is 0 Å². The summed E-state index contributed by atoms with van der Waals surface area (Å²) in [4.78, 5) is 12.4. The van der Waals surface area contributed by atoms with E-state index in [4.69, 9.17) is 17.3 Å². The average Bonchev–Trinajstić information content (AvgIpc) is 2.52. The SMILES string of the molecule is CC(N)CC(=O)NC(c1ccc(Cl)cc1)c1cccc(S(C)(=O)=O)c1.Cl. The number of amides is 1.